The maximum atomic E-state index is 12.3. The first kappa shape index (κ1) is 16.5. The molecule has 0 aliphatic heterocycles. The zero-order valence-corrected chi connectivity index (χ0v) is 13.1. The summed E-state index contributed by atoms with van der Waals surface area (Å²) in [5.74, 6) is -0.332. The number of amides is 3. The number of aryl methyl sites for hydroxylation is 1. The highest BCUT2D eigenvalue weighted by Gasteiger charge is 2.22. The molecule has 1 heterocycles. The predicted molar refractivity (Wildman–Crippen MR) is 87.6 cm³/mol. The van der Waals surface area contributed by atoms with Crippen molar-refractivity contribution in [3.05, 3.63) is 65.5 Å². The van der Waals surface area contributed by atoms with Gasteiger partial charge in [-0.3, -0.25) is 9.78 Å². The smallest absolute Gasteiger partial charge is 0.312 e. The van der Waals surface area contributed by atoms with Crippen LogP contribution < -0.4 is 16.4 Å². The number of benzene rings is 1. The molecule has 6 heteroatoms. The Morgan fingerprint density at radius 3 is 2.52 bits per heavy atom. The van der Waals surface area contributed by atoms with E-state index in [9.17, 15) is 9.59 Å². The number of nitrogens with one attached hydrogen (secondary N) is 2. The number of hydrogen-bond acceptors (Lipinski definition) is 3. The van der Waals surface area contributed by atoms with Gasteiger partial charge in [-0.25, -0.2) is 4.79 Å². The Hall–Kier alpha value is -2.89. The summed E-state index contributed by atoms with van der Waals surface area (Å²) in [7, 11) is 0. The van der Waals surface area contributed by atoms with Crippen LogP contribution in [0.3, 0.4) is 0 Å². The molecule has 6 nitrogen and oxygen atoms in total. The van der Waals surface area contributed by atoms with E-state index in [1.165, 1.54) is 0 Å². The minimum Gasteiger partial charge on any atom is -0.352 e. The van der Waals surface area contributed by atoms with Crippen molar-refractivity contribution in [3.63, 3.8) is 0 Å². The summed E-state index contributed by atoms with van der Waals surface area (Å²) in [6.45, 7) is 3.56. The molecule has 2 rings (SSSR count). The molecule has 1 aromatic heterocycles. The maximum absolute atomic E-state index is 12.3. The van der Waals surface area contributed by atoms with Gasteiger partial charge in [0.15, 0.2) is 0 Å². The highest BCUT2D eigenvalue weighted by molar-refractivity contribution is 5.86. The average molecular weight is 312 g/mol. The molecule has 0 fully saturated rings. The lowest BCUT2D eigenvalue weighted by Crippen LogP contribution is -2.47. The number of pyridine rings is 1. The Labute approximate surface area is 135 Å². The van der Waals surface area contributed by atoms with Crippen molar-refractivity contribution in [2.75, 3.05) is 0 Å². The predicted octanol–water partition coefficient (Wildman–Crippen LogP) is 1.65. The summed E-state index contributed by atoms with van der Waals surface area (Å²) < 4.78 is 0. The van der Waals surface area contributed by atoms with E-state index >= 15 is 0 Å². The number of urea groups is 1. The average Bonchev–Trinajstić information content (AvgIpc) is 2.52. The molecule has 0 aliphatic rings. The summed E-state index contributed by atoms with van der Waals surface area (Å²) in [6, 6.07) is 11.5. The highest BCUT2D eigenvalue weighted by Crippen LogP contribution is 2.21. The van der Waals surface area contributed by atoms with Gasteiger partial charge in [-0.05, 0) is 31.5 Å². The lowest BCUT2D eigenvalue weighted by Gasteiger charge is -2.21. The first-order valence-electron chi connectivity index (χ1n) is 7.31. The maximum Gasteiger partial charge on any atom is 0.312 e. The van der Waals surface area contributed by atoms with Crippen LogP contribution >= 0.6 is 0 Å². The molecule has 23 heavy (non-hydrogen) atoms. The third-order valence-corrected chi connectivity index (χ3v) is 3.40. The Morgan fingerprint density at radius 2 is 1.91 bits per heavy atom. The van der Waals surface area contributed by atoms with Crippen molar-refractivity contribution in [2.24, 2.45) is 5.73 Å². The SMILES string of the molecule is Cc1cccc([C@@H](NC(=O)[C@H](C)NC(N)=O)c2ccccn2)c1. The fraction of sp³-hybridized carbons (Fsp3) is 0.235. The van der Waals surface area contributed by atoms with E-state index in [1.807, 2.05) is 49.4 Å². The molecular formula is C17H20N4O2. The van der Waals surface area contributed by atoms with Gasteiger partial charge in [-0.1, -0.05) is 35.9 Å². The molecule has 0 bridgehead atoms. The number of carbonyl (C=O) groups is 2. The van der Waals surface area contributed by atoms with E-state index in [2.05, 4.69) is 15.6 Å². The van der Waals surface area contributed by atoms with Gasteiger partial charge in [0.05, 0.1) is 11.7 Å². The van der Waals surface area contributed by atoms with E-state index in [1.54, 1.807) is 13.1 Å². The number of carbonyl (C=O) groups excluding carboxylic acids is 2. The first-order chi connectivity index (χ1) is 11.0. The minimum atomic E-state index is -0.738. The van der Waals surface area contributed by atoms with Crippen molar-refractivity contribution in [2.45, 2.75) is 25.9 Å². The fourth-order valence-electron chi connectivity index (χ4n) is 2.27. The molecule has 3 amide bonds. The third kappa shape index (κ3) is 4.54. The number of nitrogens with zero attached hydrogens (tertiary/aromatic N) is 1. The van der Waals surface area contributed by atoms with Gasteiger partial charge in [0, 0.05) is 6.20 Å². The molecule has 1 aromatic carbocycles. The van der Waals surface area contributed by atoms with Crippen molar-refractivity contribution < 1.29 is 9.59 Å². The Morgan fingerprint density at radius 1 is 1.13 bits per heavy atom. The molecule has 0 spiro atoms. The molecule has 4 N–H and O–H groups in total. The van der Waals surface area contributed by atoms with Gasteiger partial charge in [0.2, 0.25) is 5.91 Å². The van der Waals surface area contributed by atoms with Crippen LogP contribution in [0.4, 0.5) is 4.79 Å². The Kier molecular flexibility index (Phi) is 5.30. The summed E-state index contributed by atoms with van der Waals surface area (Å²) in [5.41, 5.74) is 7.79. The minimum absolute atomic E-state index is 0.332. The summed E-state index contributed by atoms with van der Waals surface area (Å²) in [6.07, 6.45) is 1.68. The van der Waals surface area contributed by atoms with Crippen LogP contribution in [0, 0.1) is 6.92 Å². The van der Waals surface area contributed by atoms with Crippen molar-refractivity contribution in [1.82, 2.24) is 15.6 Å². The standard InChI is InChI=1S/C17H20N4O2/c1-11-6-5-7-13(10-11)15(14-8-3-4-9-19-14)21-16(22)12(2)20-17(18)23/h3-10,12,15H,1-2H3,(H,21,22)(H3,18,20,23)/t12-,15+/m0/s1. The molecule has 2 aromatic rings. The molecule has 0 saturated heterocycles. The summed E-state index contributed by atoms with van der Waals surface area (Å²) in [4.78, 5) is 27.5. The van der Waals surface area contributed by atoms with Crippen LogP contribution in [0.1, 0.15) is 29.8 Å². The zero-order valence-electron chi connectivity index (χ0n) is 13.1. The molecule has 0 radical (unpaired) electrons. The number of rotatable bonds is 5. The normalized spacial score (nSPS) is 13.0. The second-order valence-electron chi connectivity index (χ2n) is 5.34. The highest BCUT2D eigenvalue weighted by atomic mass is 16.2. The van der Waals surface area contributed by atoms with Crippen LogP contribution in [-0.4, -0.2) is 23.0 Å². The Balaban J connectivity index is 2.28. The van der Waals surface area contributed by atoms with Gasteiger partial charge < -0.3 is 16.4 Å². The van der Waals surface area contributed by atoms with E-state index < -0.39 is 18.1 Å². The molecule has 0 unspecified atom stereocenters. The Bertz CT molecular complexity index is 688. The fourth-order valence-corrected chi connectivity index (χ4v) is 2.27. The summed E-state index contributed by atoms with van der Waals surface area (Å²) >= 11 is 0. The first-order valence-corrected chi connectivity index (χ1v) is 7.31. The monoisotopic (exact) mass is 312 g/mol. The second-order valence-corrected chi connectivity index (χ2v) is 5.34. The lowest BCUT2D eigenvalue weighted by atomic mass is 10.0. The number of hydrogen-bond donors (Lipinski definition) is 3. The van der Waals surface area contributed by atoms with Crippen LogP contribution in [-0.2, 0) is 4.79 Å². The van der Waals surface area contributed by atoms with Crippen molar-refractivity contribution in [1.29, 1.82) is 0 Å². The van der Waals surface area contributed by atoms with E-state index in [0.717, 1.165) is 16.8 Å². The molecule has 0 aliphatic carbocycles. The van der Waals surface area contributed by atoms with E-state index in [4.69, 9.17) is 5.73 Å². The number of aromatic nitrogens is 1. The van der Waals surface area contributed by atoms with Gasteiger partial charge in [-0.2, -0.15) is 0 Å². The van der Waals surface area contributed by atoms with Crippen LogP contribution in [0.25, 0.3) is 0 Å². The third-order valence-electron chi connectivity index (χ3n) is 3.40. The van der Waals surface area contributed by atoms with Crippen LogP contribution in [0.5, 0.6) is 0 Å². The lowest BCUT2D eigenvalue weighted by molar-refractivity contribution is -0.123. The molecule has 2 atom stereocenters. The quantitative estimate of drug-likeness (QED) is 0.783. The topological polar surface area (TPSA) is 97.1 Å². The zero-order chi connectivity index (χ0) is 16.8. The van der Waals surface area contributed by atoms with E-state index in [0.29, 0.717) is 0 Å². The molecule has 120 valence electrons. The van der Waals surface area contributed by atoms with Crippen LogP contribution in [0.2, 0.25) is 0 Å². The summed E-state index contributed by atoms with van der Waals surface area (Å²) in [5, 5.41) is 5.28. The molecule has 0 saturated carbocycles. The van der Waals surface area contributed by atoms with Gasteiger partial charge in [0.1, 0.15) is 6.04 Å². The number of nitrogens with two attached hydrogens (primary N) is 1. The van der Waals surface area contributed by atoms with Crippen molar-refractivity contribution >= 4 is 11.9 Å². The largest absolute Gasteiger partial charge is 0.352 e. The van der Waals surface area contributed by atoms with Crippen LogP contribution in [0.15, 0.2) is 48.7 Å². The van der Waals surface area contributed by atoms with Gasteiger partial charge in [0.25, 0.3) is 0 Å². The van der Waals surface area contributed by atoms with Gasteiger partial charge in [-0.15, -0.1) is 0 Å². The van der Waals surface area contributed by atoms with E-state index in [-0.39, 0.29) is 5.91 Å². The second kappa shape index (κ2) is 7.40. The van der Waals surface area contributed by atoms with Gasteiger partial charge >= 0.3 is 6.03 Å². The number of primary amides is 1. The molecular weight excluding hydrogens is 292 g/mol. The van der Waals surface area contributed by atoms with Crippen molar-refractivity contribution in [3.8, 4) is 0 Å².